The highest BCUT2D eigenvalue weighted by molar-refractivity contribution is 5.76. The van der Waals surface area contributed by atoms with Gasteiger partial charge >= 0.3 is 0 Å². The lowest BCUT2D eigenvalue weighted by atomic mass is 10.0. The zero-order valence-electron chi connectivity index (χ0n) is 40.0. The predicted molar refractivity (Wildman–Crippen MR) is 262 cm³/mol. The topological polar surface area (TPSA) is 69.6 Å². The number of aliphatic hydroxyl groups is 2. The van der Waals surface area contributed by atoms with Gasteiger partial charge in [-0.25, -0.2) is 0 Å². The molecule has 348 valence electrons. The van der Waals surface area contributed by atoms with Gasteiger partial charge in [0.15, 0.2) is 0 Å². The molecule has 0 spiro atoms. The second kappa shape index (κ2) is 51.0. The number of carbonyl (C=O) groups excluding carboxylic acids is 1. The monoisotopic (exact) mass is 828 g/mol. The minimum absolute atomic E-state index is 0.0810. The third-order valence-electron chi connectivity index (χ3n) is 12.3. The van der Waals surface area contributed by atoms with E-state index in [1.165, 1.54) is 225 Å². The third kappa shape index (κ3) is 47.5. The molecule has 0 aromatic heterocycles. The summed E-state index contributed by atoms with van der Waals surface area (Å²) < 4.78 is 0. The number of rotatable bonds is 49. The summed E-state index contributed by atoms with van der Waals surface area (Å²) in [5, 5.41) is 23.0. The van der Waals surface area contributed by atoms with Crippen molar-refractivity contribution < 1.29 is 15.0 Å². The third-order valence-corrected chi connectivity index (χ3v) is 12.3. The molecule has 0 radical (unpaired) electrons. The van der Waals surface area contributed by atoms with E-state index >= 15 is 0 Å². The number of amides is 1. The molecule has 59 heavy (non-hydrogen) atoms. The standard InChI is InChI=1S/C55H105NO3/c1-3-5-7-9-11-13-15-17-19-20-21-22-23-24-25-26-27-28-29-30-31-32-33-34-35-36-37-38-40-42-44-46-48-50-54(58)53(52-57)56-55(59)51-49-47-45-43-41-39-18-16-14-12-10-8-6-4-2/h16,18,40,42,48,50,53-54,57-58H,3-15,17,19-39,41,43-47,49,51-52H2,1-2H3,(H,56,59)/b18-16-,42-40+,50-48+. The number of hydrogen-bond donors (Lipinski definition) is 3. The molecule has 0 fully saturated rings. The van der Waals surface area contributed by atoms with Crippen LogP contribution in [0.3, 0.4) is 0 Å². The van der Waals surface area contributed by atoms with Gasteiger partial charge in [-0.15, -0.1) is 0 Å². The second-order valence-electron chi connectivity index (χ2n) is 18.3. The van der Waals surface area contributed by atoms with E-state index in [1.54, 1.807) is 6.08 Å². The molecule has 2 unspecified atom stereocenters. The van der Waals surface area contributed by atoms with Crippen LogP contribution in [0.5, 0.6) is 0 Å². The van der Waals surface area contributed by atoms with Gasteiger partial charge in [-0.05, 0) is 57.8 Å². The highest BCUT2D eigenvalue weighted by atomic mass is 16.3. The first-order chi connectivity index (χ1) is 29.2. The number of allylic oxidation sites excluding steroid dienone is 5. The molecule has 3 N–H and O–H groups in total. The van der Waals surface area contributed by atoms with Crippen LogP contribution in [0.25, 0.3) is 0 Å². The maximum absolute atomic E-state index is 12.4. The normalized spacial score (nSPS) is 13.1. The van der Waals surface area contributed by atoms with E-state index in [0.717, 1.165) is 44.9 Å². The molecule has 0 aliphatic carbocycles. The quantitative estimate of drug-likeness (QED) is 0.0423. The van der Waals surface area contributed by atoms with Crippen molar-refractivity contribution in [2.45, 2.75) is 302 Å². The summed E-state index contributed by atoms with van der Waals surface area (Å²) in [5.41, 5.74) is 0. The van der Waals surface area contributed by atoms with Gasteiger partial charge in [-0.1, -0.05) is 262 Å². The largest absolute Gasteiger partial charge is 0.394 e. The van der Waals surface area contributed by atoms with E-state index in [-0.39, 0.29) is 12.5 Å². The average Bonchev–Trinajstić information content (AvgIpc) is 3.24. The van der Waals surface area contributed by atoms with Crippen LogP contribution in [0, 0.1) is 0 Å². The molecule has 0 aromatic rings. The molecule has 1 amide bonds. The first kappa shape index (κ1) is 57.6. The van der Waals surface area contributed by atoms with Crippen molar-refractivity contribution in [3.63, 3.8) is 0 Å². The Hall–Kier alpha value is -1.39. The zero-order chi connectivity index (χ0) is 42.8. The summed E-state index contributed by atoms with van der Waals surface area (Å²) in [7, 11) is 0. The van der Waals surface area contributed by atoms with Crippen LogP contribution < -0.4 is 5.32 Å². The van der Waals surface area contributed by atoms with Gasteiger partial charge in [0.2, 0.25) is 5.91 Å². The Morgan fingerprint density at radius 2 is 0.661 bits per heavy atom. The predicted octanol–water partition coefficient (Wildman–Crippen LogP) is 17.3. The van der Waals surface area contributed by atoms with Crippen molar-refractivity contribution in [1.29, 1.82) is 0 Å². The van der Waals surface area contributed by atoms with Gasteiger partial charge in [0.25, 0.3) is 0 Å². The molecule has 0 bridgehead atoms. The molecule has 0 saturated carbocycles. The molecule has 4 heteroatoms. The maximum atomic E-state index is 12.4. The SMILES string of the molecule is CCCCCCC/C=C\CCCCCCCC(=O)NC(CO)C(O)/C=C/CC/C=C/CCCCCCCCCCCCCCCCCCCCCCCCCCCCC. The highest BCUT2D eigenvalue weighted by Gasteiger charge is 2.17. The van der Waals surface area contributed by atoms with Crippen LogP contribution in [0.1, 0.15) is 290 Å². The van der Waals surface area contributed by atoms with Crippen LogP contribution in [-0.4, -0.2) is 34.9 Å². The summed E-state index contributed by atoms with van der Waals surface area (Å²) >= 11 is 0. The Kier molecular flexibility index (Phi) is 49.8. The number of unbranched alkanes of at least 4 members (excludes halogenated alkanes) is 38. The van der Waals surface area contributed by atoms with Gasteiger partial charge in [0.1, 0.15) is 0 Å². The van der Waals surface area contributed by atoms with Crippen molar-refractivity contribution in [2.24, 2.45) is 0 Å². The average molecular weight is 828 g/mol. The first-order valence-corrected chi connectivity index (χ1v) is 26.7. The van der Waals surface area contributed by atoms with E-state index in [4.69, 9.17) is 0 Å². The van der Waals surface area contributed by atoms with Crippen LogP contribution in [0.2, 0.25) is 0 Å². The van der Waals surface area contributed by atoms with Crippen molar-refractivity contribution in [3.8, 4) is 0 Å². The number of carbonyl (C=O) groups is 1. The van der Waals surface area contributed by atoms with Gasteiger partial charge in [0, 0.05) is 6.42 Å². The van der Waals surface area contributed by atoms with Crippen molar-refractivity contribution in [3.05, 3.63) is 36.5 Å². The molecule has 0 aliphatic rings. The van der Waals surface area contributed by atoms with Crippen LogP contribution in [0.15, 0.2) is 36.5 Å². The molecular weight excluding hydrogens is 723 g/mol. The number of hydrogen-bond acceptors (Lipinski definition) is 3. The van der Waals surface area contributed by atoms with Crippen molar-refractivity contribution in [2.75, 3.05) is 6.61 Å². The Morgan fingerprint density at radius 1 is 0.390 bits per heavy atom. The summed E-state index contributed by atoms with van der Waals surface area (Å²) in [4.78, 5) is 12.4. The molecule has 4 nitrogen and oxygen atoms in total. The maximum Gasteiger partial charge on any atom is 0.220 e. The van der Waals surface area contributed by atoms with Gasteiger partial charge in [-0.3, -0.25) is 4.79 Å². The van der Waals surface area contributed by atoms with Crippen LogP contribution >= 0.6 is 0 Å². The molecule has 0 aliphatic heterocycles. The van der Waals surface area contributed by atoms with E-state index in [1.807, 2.05) is 6.08 Å². The smallest absolute Gasteiger partial charge is 0.220 e. The Bertz CT molecular complexity index is 897. The summed E-state index contributed by atoms with van der Waals surface area (Å²) in [6, 6.07) is -0.643. The summed E-state index contributed by atoms with van der Waals surface area (Å²) in [6.45, 7) is 4.30. The Balaban J connectivity index is 3.47. The molecule has 0 aromatic carbocycles. The lowest BCUT2D eigenvalue weighted by molar-refractivity contribution is -0.123. The summed E-state index contributed by atoms with van der Waals surface area (Å²) in [6.07, 6.45) is 68.8. The van der Waals surface area contributed by atoms with Crippen LogP contribution in [-0.2, 0) is 4.79 Å². The Labute approximate surface area is 370 Å². The number of aliphatic hydroxyl groups excluding tert-OH is 2. The van der Waals surface area contributed by atoms with E-state index in [0.29, 0.717) is 6.42 Å². The van der Waals surface area contributed by atoms with Crippen molar-refractivity contribution in [1.82, 2.24) is 5.32 Å². The van der Waals surface area contributed by atoms with E-state index in [2.05, 4.69) is 43.5 Å². The minimum Gasteiger partial charge on any atom is -0.394 e. The zero-order valence-corrected chi connectivity index (χ0v) is 40.0. The van der Waals surface area contributed by atoms with E-state index < -0.39 is 12.1 Å². The summed E-state index contributed by atoms with van der Waals surface area (Å²) in [5.74, 6) is -0.0810. The molecule has 2 atom stereocenters. The highest BCUT2D eigenvalue weighted by Crippen LogP contribution is 2.17. The molecule has 0 saturated heterocycles. The van der Waals surface area contributed by atoms with Crippen LogP contribution in [0.4, 0.5) is 0 Å². The molecular formula is C55H105NO3. The Morgan fingerprint density at radius 3 is 0.983 bits per heavy atom. The lowest BCUT2D eigenvalue weighted by Gasteiger charge is -2.19. The first-order valence-electron chi connectivity index (χ1n) is 26.7. The second-order valence-corrected chi connectivity index (χ2v) is 18.3. The van der Waals surface area contributed by atoms with Crippen molar-refractivity contribution >= 4 is 5.91 Å². The minimum atomic E-state index is -0.865. The van der Waals surface area contributed by atoms with E-state index in [9.17, 15) is 15.0 Å². The lowest BCUT2D eigenvalue weighted by Crippen LogP contribution is -2.45. The van der Waals surface area contributed by atoms with Gasteiger partial charge in [0.05, 0.1) is 18.8 Å². The fourth-order valence-electron chi connectivity index (χ4n) is 8.25. The molecule has 0 heterocycles. The fraction of sp³-hybridized carbons (Fsp3) is 0.873. The van der Waals surface area contributed by atoms with Gasteiger partial charge in [-0.2, -0.15) is 0 Å². The fourth-order valence-corrected chi connectivity index (χ4v) is 8.25. The molecule has 0 rings (SSSR count). The number of nitrogens with one attached hydrogen (secondary N) is 1. The van der Waals surface area contributed by atoms with Gasteiger partial charge < -0.3 is 15.5 Å².